The summed E-state index contributed by atoms with van der Waals surface area (Å²) in [6, 6.07) is 28.3. The van der Waals surface area contributed by atoms with Gasteiger partial charge in [0, 0.05) is 5.69 Å². The Labute approximate surface area is 239 Å². The maximum atomic E-state index is 12.8. The van der Waals surface area contributed by atoms with Crippen molar-refractivity contribution in [2.24, 2.45) is 0 Å². The van der Waals surface area contributed by atoms with Gasteiger partial charge in [-0.1, -0.05) is 71.3 Å². The van der Waals surface area contributed by atoms with E-state index in [9.17, 15) is 10.1 Å². The molecule has 6 nitrogen and oxygen atoms in total. The van der Waals surface area contributed by atoms with Crippen LogP contribution in [-0.4, -0.2) is 13.0 Å². The van der Waals surface area contributed by atoms with Crippen LogP contribution in [0.25, 0.3) is 6.08 Å². The minimum absolute atomic E-state index is 0.0915. The molecule has 0 aliphatic rings. The number of carbonyl (C=O) groups excluding carboxylic acids is 1. The number of hydrogen-bond donors (Lipinski definition) is 1. The molecule has 0 aliphatic carbocycles. The highest BCUT2D eigenvalue weighted by atomic mass is 35.5. The van der Waals surface area contributed by atoms with Crippen LogP contribution in [0, 0.1) is 25.2 Å². The summed E-state index contributed by atoms with van der Waals surface area (Å²) < 4.78 is 17.2. The predicted octanol–water partition coefficient (Wildman–Crippen LogP) is 7.67. The average Bonchev–Trinajstić information content (AvgIpc) is 2.96. The van der Waals surface area contributed by atoms with E-state index in [1.165, 1.54) is 18.7 Å². The van der Waals surface area contributed by atoms with E-state index < -0.39 is 5.91 Å². The number of nitriles is 1. The maximum Gasteiger partial charge on any atom is 0.266 e. The van der Waals surface area contributed by atoms with E-state index in [1.54, 1.807) is 36.4 Å². The molecule has 0 spiro atoms. The van der Waals surface area contributed by atoms with E-state index in [1.807, 2.05) is 68.4 Å². The highest BCUT2D eigenvalue weighted by Crippen LogP contribution is 2.37. The highest BCUT2D eigenvalue weighted by Gasteiger charge is 2.15. The molecule has 0 saturated carbocycles. The number of halogens is 1. The van der Waals surface area contributed by atoms with Gasteiger partial charge in [0.15, 0.2) is 11.5 Å². The van der Waals surface area contributed by atoms with Crippen LogP contribution in [0.3, 0.4) is 0 Å². The molecule has 0 aromatic heterocycles. The van der Waals surface area contributed by atoms with Gasteiger partial charge >= 0.3 is 0 Å². The van der Waals surface area contributed by atoms with Gasteiger partial charge in [0.1, 0.15) is 30.6 Å². The zero-order valence-electron chi connectivity index (χ0n) is 22.5. The number of amides is 1. The SMILES string of the molecule is COc1cc(/C=C(\C#N)C(=O)Nc2ccc(OCc3ccc(C)cc3)cc2)cc(Cl)c1OCc1ccc(C)cc1. The molecular weight excluding hydrogens is 524 g/mol. The van der Waals surface area contributed by atoms with Gasteiger partial charge in [0.2, 0.25) is 0 Å². The Morgan fingerprint density at radius 2 is 1.45 bits per heavy atom. The van der Waals surface area contributed by atoms with E-state index in [0.29, 0.717) is 46.7 Å². The van der Waals surface area contributed by atoms with Gasteiger partial charge in [0.25, 0.3) is 5.91 Å². The monoisotopic (exact) mass is 552 g/mol. The second-order valence-corrected chi connectivity index (χ2v) is 9.64. The number of hydrogen-bond acceptors (Lipinski definition) is 5. The molecule has 7 heteroatoms. The van der Waals surface area contributed by atoms with Crippen molar-refractivity contribution in [2.45, 2.75) is 27.1 Å². The van der Waals surface area contributed by atoms with Crippen LogP contribution in [0.15, 0.2) is 90.5 Å². The van der Waals surface area contributed by atoms with Crippen molar-refractivity contribution in [3.05, 3.63) is 123 Å². The maximum absolute atomic E-state index is 12.8. The van der Waals surface area contributed by atoms with Crippen LogP contribution < -0.4 is 19.5 Å². The second kappa shape index (κ2) is 13.4. The summed E-state index contributed by atoms with van der Waals surface area (Å²) in [5.41, 5.74) is 5.37. The third-order valence-corrected chi connectivity index (χ3v) is 6.35. The summed E-state index contributed by atoms with van der Waals surface area (Å²) in [5, 5.41) is 12.7. The molecule has 0 radical (unpaired) electrons. The number of benzene rings is 4. The van der Waals surface area contributed by atoms with Gasteiger partial charge in [-0.3, -0.25) is 4.79 Å². The van der Waals surface area contributed by atoms with Crippen LogP contribution >= 0.6 is 11.6 Å². The number of carbonyl (C=O) groups is 1. The van der Waals surface area contributed by atoms with Crippen LogP contribution in [0.5, 0.6) is 17.2 Å². The van der Waals surface area contributed by atoms with Gasteiger partial charge < -0.3 is 19.5 Å². The van der Waals surface area contributed by atoms with Gasteiger partial charge in [-0.25, -0.2) is 0 Å². The number of nitrogens with zero attached hydrogens (tertiary/aromatic N) is 1. The summed E-state index contributed by atoms with van der Waals surface area (Å²) in [4.78, 5) is 12.8. The molecule has 0 fully saturated rings. The molecule has 0 atom stereocenters. The van der Waals surface area contributed by atoms with E-state index in [0.717, 1.165) is 16.7 Å². The number of methoxy groups -OCH3 is 1. The number of anilines is 1. The van der Waals surface area contributed by atoms with Crippen LogP contribution in [0.4, 0.5) is 5.69 Å². The minimum Gasteiger partial charge on any atom is -0.493 e. The van der Waals surface area contributed by atoms with E-state index in [-0.39, 0.29) is 5.57 Å². The van der Waals surface area contributed by atoms with E-state index in [2.05, 4.69) is 5.32 Å². The molecular formula is C33H29ClN2O4. The van der Waals surface area contributed by atoms with Crippen LogP contribution in [-0.2, 0) is 18.0 Å². The Morgan fingerprint density at radius 1 is 0.875 bits per heavy atom. The number of aryl methyl sites for hydroxylation is 2. The smallest absolute Gasteiger partial charge is 0.266 e. The zero-order chi connectivity index (χ0) is 28.5. The molecule has 0 saturated heterocycles. The van der Waals surface area contributed by atoms with Crippen molar-refractivity contribution in [3.8, 4) is 23.3 Å². The van der Waals surface area contributed by atoms with Crippen LogP contribution in [0.1, 0.15) is 27.8 Å². The van der Waals surface area contributed by atoms with Crippen molar-refractivity contribution in [2.75, 3.05) is 12.4 Å². The normalized spacial score (nSPS) is 10.9. The van der Waals surface area contributed by atoms with Gasteiger partial charge in [-0.15, -0.1) is 0 Å². The number of nitrogens with one attached hydrogen (secondary N) is 1. The Morgan fingerprint density at radius 3 is 2.00 bits per heavy atom. The zero-order valence-corrected chi connectivity index (χ0v) is 23.3. The highest BCUT2D eigenvalue weighted by molar-refractivity contribution is 6.32. The van der Waals surface area contributed by atoms with Crippen molar-refractivity contribution >= 4 is 29.3 Å². The lowest BCUT2D eigenvalue weighted by atomic mass is 10.1. The van der Waals surface area contributed by atoms with Crippen molar-refractivity contribution in [3.63, 3.8) is 0 Å². The van der Waals surface area contributed by atoms with Gasteiger partial charge in [0.05, 0.1) is 12.1 Å². The predicted molar refractivity (Wildman–Crippen MR) is 158 cm³/mol. The lowest BCUT2D eigenvalue weighted by molar-refractivity contribution is -0.112. The Balaban J connectivity index is 1.41. The molecule has 0 unspecified atom stereocenters. The third-order valence-electron chi connectivity index (χ3n) is 6.07. The van der Waals surface area contributed by atoms with Gasteiger partial charge in [-0.05, 0) is 73.0 Å². The van der Waals surface area contributed by atoms with Gasteiger partial charge in [-0.2, -0.15) is 5.26 Å². The van der Waals surface area contributed by atoms with E-state index >= 15 is 0 Å². The first kappa shape index (κ1) is 28.3. The molecule has 0 bridgehead atoms. The quantitative estimate of drug-likeness (QED) is 0.161. The Kier molecular flexibility index (Phi) is 9.45. The summed E-state index contributed by atoms with van der Waals surface area (Å²) in [5.74, 6) is 0.894. The lowest BCUT2D eigenvalue weighted by Crippen LogP contribution is -2.13. The summed E-state index contributed by atoms with van der Waals surface area (Å²) in [7, 11) is 1.50. The lowest BCUT2D eigenvalue weighted by Gasteiger charge is -2.14. The summed E-state index contributed by atoms with van der Waals surface area (Å²) in [6.07, 6.45) is 1.45. The van der Waals surface area contributed by atoms with Crippen molar-refractivity contribution in [1.82, 2.24) is 0 Å². The molecule has 0 heterocycles. The first-order valence-electron chi connectivity index (χ1n) is 12.6. The number of ether oxygens (including phenoxy) is 3. The molecule has 1 amide bonds. The topological polar surface area (TPSA) is 80.6 Å². The third kappa shape index (κ3) is 7.66. The molecule has 1 N–H and O–H groups in total. The second-order valence-electron chi connectivity index (χ2n) is 9.23. The fourth-order valence-electron chi connectivity index (χ4n) is 3.80. The summed E-state index contributed by atoms with van der Waals surface area (Å²) in [6.45, 7) is 4.81. The van der Waals surface area contributed by atoms with E-state index in [4.69, 9.17) is 25.8 Å². The summed E-state index contributed by atoms with van der Waals surface area (Å²) >= 11 is 6.50. The minimum atomic E-state index is -0.550. The standard InChI is InChI=1S/C33H29ClN2O4/c1-22-4-8-24(9-5-22)20-39-29-14-12-28(13-15-29)36-33(37)27(19-35)16-26-17-30(34)32(31(18-26)38-3)40-21-25-10-6-23(2)7-11-25/h4-18H,20-21H2,1-3H3,(H,36,37)/b27-16+. The van der Waals surface area contributed by atoms with Crippen molar-refractivity contribution in [1.29, 1.82) is 5.26 Å². The fraction of sp³-hybridized carbons (Fsp3) is 0.152. The fourth-order valence-corrected chi connectivity index (χ4v) is 4.08. The number of rotatable bonds is 10. The Bertz CT molecular complexity index is 1540. The molecule has 202 valence electrons. The first-order chi connectivity index (χ1) is 19.3. The Hall–Kier alpha value is -4.73. The average molecular weight is 553 g/mol. The molecule has 0 aliphatic heterocycles. The molecule has 40 heavy (non-hydrogen) atoms. The molecule has 4 aromatic rings. The largest absolute Gasteiger partial charge is 0.493 e. The van der Waals surface area contributed by atoms with Crippen LogP contribution in [0.2, 0.25) is 5.02 Å². The molecule has 4 rings (SSSR count). The molecule has 4 aromatic carbocycles. The first-order valence-corrected chi connectivity index (χ1v) is 13.0. The van der Waals surface area contributed by atoms with Crippen molar-refractivity contribution < 1.29 is 19.0 Å².